The van der Waals surface area contributed by atoms with Crippen LogP contribution in [0, 0.1) is 0 Å². The molecule has 27 heavy (non-hydrogen) atoms. The molecule has 1 aliphatic carbocycles. The van der Waals surface area contributed by atoms with Crippen LogP contribution in [0.15, 0.2) is 30.3 Å². The Bertz CT molecular complexity index is 844. The van der Waals surface area contributed by atoms with Gasteiger partial charge in [0.05, 0.1) is 5.54 Å². The van der Waals surface area contributed by atoms with Gasteiger partial charge in [-0.2, -0.15) is 5.10 Å². The van der Waals surface area contributed by atoms with E-state index < -0.39 is 0 Å². The second-order valence-corrected chi connectivity index (χ2v) is 8.14. The fraction of sp³-hybridized carbons (Fsp3) is 0.476. The summed E-state index contributed by atoms with van der Waals surface area (Å²) in [6.45, 7) is 8.24. The van der Waals surface area contributed by atoms with Crippen LogP contribution in [0.4, 0.5) is 11.4 Å². The predicted octanol–water partition coefficient (Wildman–Crippen LogP) is 4.51. The average Bonchev–Trinajstić information content (AvgIpc) is 3.32. The number of nitrogens with zero attached hydrogens (tertiary/aromatic N) is 2. The van der Waals surface area contributed by atoms with Gasteiger partial charge in [-0.15, -0.1) is 0 Å². The quantitative estimate of drug-likeness (QED) is 0.788. The van der Waals surface area contributed by atoms with Crippen LogP contribution in [0.2, 0.25) is 0 Å². The molecule has 0 atom stereocenters. The molecule has 2 N–H and O–H groups in total. The molecule has 0 spiro atoms. The number of amides is 2. The van der Waals surface area contributed by atoms with Gasteiger partial charge in [-0.1, -0.05) is 13.0 Å². The SMILES string of the molecule is CCCC(=O)Nc1cccc(NC(=O)c2cc(C3CC3)n(C(C)(C)C)n2)c1. The molecule has 0 unspecified atom stereocenters. The third-order valence-corrected chi connectivity index (χ3v) is 4.48. The number of nitrogens with one attached hydrogen (secondary N) is 2. The lowest BCUT2D eigenvalue weighted by molar-refractivity contribution is -0.116. The molecule has 2 amide bonds. The van der Waals surface area contributed by atoms with Crippen LogP contribution in [0.3, 0.4) is 0 Å². The van der Waals surface area contributed by atoms with Crippen LogP contribution in [-0.2, 0) is 10.3 Å². The van der Waals surface area contributed by atoms with E-state index in [9.17, 15) is 9.59 Å². The summed E-state index contributed by atoms with van der Waals surface area (Å²) < 4.78 is 1.97. The first-order valence-corrected chi connectivity index (χ1v) is 9.59. The van der Waals surface area contributed by atoms with Crippen LogP contribution >= 0.6 is 0 Å². The van der Waals surface area contributed by atoms with E-state index in [2.05, 4.69) is 36.5 Å². The molecule has 1 aromatic carbocycles. The topological polar surface area (TPSA) is 76.0 Å². The fourth-order valence-electron chi connectivity index (χ4n) is 3.03. The van der Waals surface area contributed by atoms with Gasteiger partial charge in [0.1, 0.15) is 0 Å². The number of carbonyl (C=O) groups excluding carboxylic acids is 2. The molecule has 0 aliphatic heterocycles. The molecule has 2 aromatic rings. The smallest absolute Gasteiger partial charge is 0.276 e. The Hall–Kier alpha value is -2.63. The molecule has 144 valence electrons. The Morgan fingerprint density at radius 2 is 1.81 bits per heavy atom. The Kier molecular flexibility index (Phi) is 5.35. The second kappa shape index (κ2) is 7.55. The maximum absolute atomic E-state index is 12.7. The van der Waals surface area contributed by atoms with Crippen molar-refractivity contribution in [3.63, 3.8) is 0 Å². The highest BCUT2D eigenvalue weighted by molar-refractivity contribution is 6.03. The zero-order valence-electron chi connectivity index (χ0n) is 16.5. The average molecular weight is 368 g/mol. The van der Waals surface area contributed by atoms with Crippen molar-refractivity contribution in [1.29, 1.82) is 0 Å². The van der Waals surface area contributed by atoms with Crippen molar-refractivity contribution in [2.24, 2.45) is 0 Å². The van der Waals surface area contributed by atoms with E-state index in [0.717, 1.165) is 25.0 Å². The van der Waals surface area contributed by atoms with Gasteiger partial charge in [0.2, 0.25) is 5.91 Å². The van der Waals surface area contributed by atoms with Crippen molar-refractivity contribution in [1.82, 2.24) is 9.78 Å². The van der Waals surface area contributed by atoms with Crippen LogP contribution in [-0.4, -0.2) is 21.6 Å². The zero-order chi connectivity index (χ0) is 19.6. The lowest BCUT2D eigenvalue weighted by Gasteiger charge is -2.22. The van der Waals surface area contributed by atoms with Crippen molar-refractivity contribution in [2.75, 3.05) is 10.6 Å². The summed E-state index contributed by atoms with van der Waals surface area (Å²) in [4.78, 5) is 24.5. The Balaban J connectivity index is 1.75. The number of aromatic nitrogens is 2. The molecule has 1 aliphatic rings. The zero-order valence-corrected chi connectivity index (χ0v) is 16.5. The van der Waals surface area contributed by atoms with Gasteiger partial charge in [-0.3, -0.25) is 14.3 Å². The number of hydrogen-bond donors (Lipinski definition) is 2. The number of hydrogen-bond acceptors (Lipinski definition) is 3. The summed E-state index contributed by atoms with van der Waals surface area (Å²) in [5.41, 5.74) is 2.69. The van der Waals surface area contributed by atoms with Crippen molar-refractivity contribution in [3.05, 3.63) is 41.7 Å². The standard InChI is InChI=1S/C21H28N4O2/c1-5-7-19(26)22-15-8-6-9-16(12-15)23-20(27)17-13-18(14-10-11-14)25(24-17)21(2,3)4/h6,8-9,12-14H,5,7,10-11H2,1-4H3,(H,22,26)(H,23,27). The lowest BCUT2D eigenvalue weighted by Crippen LogP contribution is -2.25. The minimum Gasteiger partial charge on any atom is -0.326 e. The van der Waals surface area contributed by atoms with Gasteiger partial charge in [0, 0.05) is 29.4 Å². The summed E-state index contributed by atoms with van der Waals surface area (Å²) >= 11 is 0. The maximum atomic E-state index is 12.7. The molecular formula is C21H28N4O2. The van der Waals surface area contributed by atoms with Crippen molar-refractivity contribution < 1.29 is 9.59 Å². The van der Waals surface area contributed by atoms with Crippen LogP contribution < -0.4 is 10.6 Å². The minimum absolute atomic E-state index is 0.0287. The van der Waals surface area contributed by atoms with Gasteiger partial charge >= 0.3 is 0 Å². The van der Waals surface area contributed by atoms with E-state index in [1.165, 1.54) is 0 Å². The summed E-state index contributed by atoms with van der Waals surface area (Å²) in [7, 11) is 0. The Morgan fingerprint density at radius 1 is 1.15 bits per heavy atom. The molecule has 6 nitrogen and oxygen atoms in total. The molecular weight excluding hydrogens is 340 g/mol. The van der Waals surface area contributed by atoms with Crippen LogP contribution in [0.5, 0.6) is 0 Å². The summed E-state index contributed by atoms with van der Waals surface area (Å²) in [6, 6.07) is 9.08. The number of carbonyl (C=O) groups is 2. The first kappa shape index (κ1) is 19.1. The van der Waals surface area contributed by atoms with E-state index in [-0.39, 0.29) is 17.4 Å². The van der Waals surface area contributed by atoms with E-state index in [1.807, 2.05) is 23.7 Å². The normalized spacial score (nSPS) is 14.1. The van der Waals surface area contributed by atoms with E-state index >= 15 is 0 Å². The van der Waals surface area contributed by atoms with Gasteiger partial charge in [0.25, 0.3) is 5.91 Å². The highest BCUT2D eigenvalue weighted by Gasteiger charge is 2.32. The second-order valence-electron chi connectivity index (χ2n) is 8.14. The first-order chi connectivity index (χ1) is 12.8. The molecule has 0 bridgehead atoms. The first-order valence-electron chi connectivity index (χ1n) is 9.59. The van der Waals surface area contributed by atoms with Gasteiger partial charge < -0.3 is 10.6 Å². The Labute approximate surface area is 160 Å². The van der Waals surface area contributed by atoms with E-state index in [0.29, 0.717) is 29.4 Å². The monoisotopic (exact) mass is 368 g/mol. The van der Waals surface area contributed by atoms with Gasteiger partial charge in [0.15, 0.2) is 5.69 Å². The number of rotatable bonds is 6. The third kappa shape index (κ3) is 4.76. The highest BCUT2D eigenvalue weighted by atomic mass is 16.2. The van der Waals surface area contributed by atoms with Crippen molar-refractivity contribution in [3.8, 4) is 0 Å². The van der Waals surface area contributed by atoms with Gasteiger partial charge in [-0.05, 0) is 64.3 Å². The van der Waals surface area contributed by atoms with Crippen LogP contribution in [0.25, 0.3) is 0 Å². The summed E-state index contributed by atoms with van der Waals surface area (Å²) in [6.07, 6.45) is 3.58. The summed E-state index contributed by atoms with van der Waals surface area (Å²) in [5, 5.41) is 10.3. The highest BCUT2D eigenvalue weighted by Crippen LogP contribution is 2.41. The Morgan fingerprint density at radius 3 is 2.41 bits per heavy atom. The van der Waals surface area contributed by atoms with Crippen molar-refractivity contribution in [2.45, 2.75) is 64.8 Å². The molecule has 1 aromatic heterocycles. The molecule has 3 rings (SSSR count). The number of benzene rings is 1. The molecule has 1 fully saturated rings. The minimum atomic E-state index is -0.239. The molecule has 0 saturated heterocycles. The fourth-order valence-corrected chi connectivity index (χ4v) is 3.03. The lowest BCUT2D eigenvalue weighted by atomic mass is 10.1. The molecule has 1 heterocycles. The van der Waals surface area contributed by atoms with Crippen LogP contribution in [0.1, 0.15) is 75.5 Å². The summed E-state index contributed by atoms with van der Waals surface area (Å²) in [5.74, 6) is 0.242. The third-order valence-electron chi connectivity index (χ3n) is 4.48. The van der Waals surface area contributed by atoms with E-state index in [4.69, 9.17) is 0 Å². The van der Waals surface area contributed by atoms with Crippen molar-refractivity contribution >= 4 is 23.2 Å². The number of anilines is 2. The predicted molar refractivity (Wildman–Crippen MR) is 107 cm³/mol. The molecule has 1 saturated carbocycles. The molecule has 0 radical (unpaired) electrons. The maximum Gasteiger partial charge on any atom is 0.276 e. The molecule has 6 heteroatoms. The van der Waals surface area contributed by atoms with E-state index in [1.54, 1.807) is 18.2 Å². The van der Waals surface area contributed by atoms with Gasteiger partial charge in [-0.25, -0.2) is 0 Å². The largest absolute Gasteiger partial charge is 0.326 e.